The Bertz CT molecular complexity index is 416. The molecule has 0 saturated heterocycles. The van der Waals surface area contributed by atoms with Crippen LogP contribution >= 0.6 is 11.6 Å². The largest absolute Gasteiger partial charge is 0.487 e. The van der Waals surface area contributed by atoms with Crippen molar-refractivity contribution in [2.24, 2.45) is 0 Å². The second-order valence-electron chi connectivity index (χ2n) is 2.95. The number of ether oxygens (including phenoxy) is 1. The highest BCUT2D eigenvalue weighted by molar-refractivity contribution is 6.29. The van der Waals surface area contributed by atoms with Gasteiger partial charge in [-0.2, -0.15) is 5.10 Å². The Labute approximate surface area is 92.7 Å². The zero-order chi connectivity index (χ0) is 10.5. The van der Waals surface area contributed by atoms with Crippen LogP contribution in [-0.4, -0.2) is 10.2 Å². The van der Waals surface area contributed by atoms with Crippen molar-refractivity contribution in [3.63, 3.8) is 0 Å². The molecule has 0 amide bonds. The van der Waals surface area contributed by atoms with E-state index in [0.717, 1.165) is 11.4 Å². The predicted molar refractivity (Wildman–Crippen MR) is 57.8 cm³/mol. The monoisotopic (exact) mass is 220 g/mol. The molecule has 0 aliphatic rings. The van der Waals surface area contributed by atoms with E-state index in [1.807, 2.05) is 30.3 Å². The van der Waals surface area contributed by atoms with Crippen LogP contribution in [0.25, 0.3) is 0 Å². The summed E-state index contributed by atoms with van der Waals surface area (Å²) in [5, 5.41) is 8.00. The average Bonchev–Trinajstić information content (AvgIpc) is 2.30. The number of rotatable bonds is 3. The molecule has 0 fully saturated rings. The summed E-state index contributed by atoms with van der Waals surface area (Å²) in [6, 6.07) is 13.0. The lowest BCUT2D eigenvalue weighted by Gasteiger charge is -2.04. The first-order valence-corrected chi connectivity index (χ1v) is 4.88. The molecule has 0 saturated carbocycles. The third-order valence-corrected chi connectivity index (χ3v) is 2.02. The molecule has 1 aromatic carbocycles. The van der Waals surface area contributed by atoms with Gasteiger partial charge in [-0.3, -0.25) is 0 Å². The number of para-hydroxylation sites is 1. The highest BCUT2D eigenvalue weighted by Crippen LogP contribution is 2.10. The standard InChI is InChI=1S/C11H9ClN2O/c12-11-7-6-9(13-14-11)8-15-10-4-2-1-3-5-10/h1-7H,8H2. The van der Waals surface area contributed by atoms with Crippen molar-refractivity contribution in [3.8, 4) is 5.75 Å². The average molecular weight is 221 g/mol. The fourth-order valence-corrected chi connectivity index (χ4v) is 1.20. The van der Waals surface area contributed by atoms with Gasteiger partial charge in [0.1, 0.15) is 18.1 Å². The van der Waals surface area contributed by atoms with E-state index in [1.165, 1.54) is 0 Å². The molecular formula is C11H9ClN2O. The fraction of sp³-hybridized carbons (Fsp3) is 0.0909. The van der Waals surface area contributed by atoms with E-state index in [-0.39, 0.29) is 0 Å². The zero-order valence-electron chi connectivity index (χ0n) is 7.93. The first kappa shape index (κ1) is 9.93. The zero-order valence-corrected chi connectivity index (χ0v) is 8.69. The Hall–Kier alpha value is -1.61. The lowest BCUT2D eigenvalue weighted by atomic mass is 10.3. The van der Waals surface area contributed by atoms with Gasteiger partial charge in [0.05, 0.1) is 0 Å². The summed E-state index contributed by atoms with van der Waals surface area (Å²) < 4.78 is 5.49. The van der Waals surface area contributed by atoms with Crippen LogP contribution in [0.2, 0.25) is 5.15 Å². The molecule has 76 valence electrons. The van der Waals surface area contributed by atoms with Crippen molar-refractivity contribution >= 4 is 11.6 Å². The molecule has 0 N–H and O–H groups in total. The van der Waals surface area contributed by atoms with Crippen LogP contribution in [0.1, 0.15) is 5.69 Å². The molecule has 2 aromatic rings. The van der Waals surface area contributed by atoms with Crippen molar-refractivity contribution in [1.29, 1.82) is 0 Å². The van der Waals surface area contributed by atoms with Gasteiger partial charge >= 0.3 is 0 Å². The van der Waals surface area contributed by atoms with Crippen LogP contribution in [0.5, 0.6) is 5.75 Å². The van der Waals surface area contributed by atoms with Gasteiger partial charge in [-0.1, -0.05) is 29.8 Å². The minimum atomic E-state index is 0.387. The number of aromatic nitrogens is 2. The molecule has 1 aromatic heterocycles. The van der Waals surface area contributed by atoms with E-state index >= 15 is 0 Å². The van der Waals surface area contributed by atoms with Crippen LogP contribution in [0.15, 0.2) is 42.5 Å². The van der Waals surface area contributed by atoms with Gasteiger partial charge in [0.25, 0.3) is 0 Å². The second kappa shape index (κ2) is 4.75. The van der Waals surface area contributed by atoms with Crippen molar-refractivity contribution < 1.29 is 4.74 Å². The van der Waals surface area contributed by atoms with Crippen LogP contribution < -0.4 is 4.74 Å². The van der Waals surface area contributed by atoms with Gasteiger partial charge in [-0.05, 0) is 24.3 Å². The van der Waals surface area contributed by atoms with E-state index in [0.29, 0.717) is 11.8 Å². The maximum atomic E-state index is 5.61. The molecule has 0 spiro atoms. The second-order valence-corrected chi connectivity index (χ2v) is 3.34. The molecular weight excluding hydrogens is 212 g/mol. The van der Waals surface area contributed by atoms with Crippen molar-refractivity contribution in [2.45, 2.75) is 6.61 Å². The summed E-state index contributed by atoms with van der Waals surface area (Å²) in [7, 11) is 0. The minimum Gasteiger partial charge on any atom is -0.487 e. The van der Waals surface area contributed by atoms with Gasteiger partial charge < -0.3 is 4.74 Å². The maximum absolute atomic E-state index is 5.61. The first-order chi connectivity index (χ1) is 7.34. The van der Waals surface area contributed by atoms with Gasteiger partial charge in [-0.15, -0.1) is 5.10 Å². The van der Waals surface area contributed by atoms with Gasteiger partial charge in [0, 0.05) is 0 Å². The van der Waals surface area contributed by atoms with E-state index in [4.69, 9.17) is 16.3 Å². The summed E-state index contributed by atoms with van der Waals surface area (Å²) in [6.45, 7) is 0.397. The minimum absolute atomic E-state index is 0.387. The maximum Gasteiger partial charge on any atom is 0.151 e. The number of nitrogens with zero attached hydrogens (tertiary/aromatic N) is 2. The molecule has 0 radical (unpaired) electrons. The molecule has 0 bridgehead atoms. The normalized spacial score (nSPS) is 9.93. The number of benzene rings is 1. The molecule has 0 aliphatic heterocycles. The Kier molecular flexibility index (Phi) is 3.15. The molecule has 0 atom stereocenters. The highest BCUT2D eigenvalue weighted by Gasteiger charge is 1.97. The van der Waals surface area contributed by atoms with Crippen LogP contribution in [-0.2, 0) is 6.61 Å². The van der Waals surface area contributed by atoms with Crippen molar-refractivity contribution in [1.82, 2.24) is 10.2 Å². The lowest BCUT2D eigenvalue weighted by Crippen LogP contribution is -1.99. The van der Waals surface area contributed by atoms with Gasteiger partial charge in [0.15, 0.2) is 5.15 Å². The Morgan fingerprint density at radius 2 is 1.80 bits per heavy atom. The Balaban J connectivity index is 1.96. The topological polar surface area (TPSA) is 35.0 Å². The van der Waals surface area contributed by atoms with Crippen molar-refractivity contribution in [2.75, 3.05) is 0 Å². The van der Waals surface area contributed by atoms with E-state index in [2.05, 4.69) is 10.2 Å². The predicted octanol–water partition coefficient (Wildman–Crippen LogP) is 2.71. The Morgan fingerprint density at radius 1 is 1.00 bits per heavy atom. The van der Waals surface area contributed by atoms with E-state index in [9.17, 15) is 0 Å². The quantitative estimate of drug-likeness (QED) is 0.798. The van der Waals surface area contributed by atoms with E-state index < -0.39 is 0 Å². The summed E-state index contributed by atoms with van der Waals surface area (Å²) in [6.07, 6.45) is 0. The summed E-state index contributed by atoms with van der Waals surface area (Å²) >= 11 is 5.61. The Morgan fingerprint density at radius 3 is 2.47 bits per heavy atom. The molecule has 1 heterocycles. The molecule has 15 heavy (non-hydrogen) atoms. The molecule has 0 aliphatic carbocycles. The summed E-state index contributed by atoms with van der Waals surface area (Å²) in [5.41, 5.74) is 0.753. The summed E-state index contributed by atoms with van der Waals surface area (Å²) in [5.74, 6) is 0.814. The smallest absolute Gasteiger partial charge is 0.151 e. The van der Waals surface area contributed by atoms with Crippen molar-refractivity contribution in [3.05, 3.63) is 53.3 Å². The summed E-state index contributed by atoms with van der Waals surface area (Å²) in [4.78, 5) is 0. The SMILES string of the molecule is Clc1ccc(COc2ccccc2)nn1. The number of hydrogen-bond donors (Lipinski definition) is 0. The molecule has 4 heteroatoms. The molecule has 2 rings (SSSR count). The van der Waals surface area contributed by atoms with Crippen LogP contribution in [0, 0.1) is 0 Å². The van der Waals surface area contributed by atoms with Gasteiger partial charge in [-0.25, -0.2) is 0 Å². The third kappa shape index (κ3) is 2.92. The fourth-order valence-electron chi connectivity index (χ4n) is 1.09. The number of halogens is 1. The lowest BCUT2D eigenvalue weighted by molar-refractivity contribution is 0.300. The van der Waals surface area contributed by atoms with E-state index in [1.54, 1.807) is 12.1 Å². The molecule has 0 unspecified atom stereocenters. The van der Waals surface area contributed by atoms with Crippen LogP contribution in [0.3, 0.4) is 0 Å². The highest BCUT2D eigenvalue weighted by atomic mass is 35.5. The van der Waals surface area contributed by atoms with Gasteiger partial charge in [0.2, 0.25) is 0 Å². The molecule has 3 nitrogen and oxygen atoms in total. The van der Waals surface area contributed by atoms with Crippen LogP contribution in [0.4, 0.5) is 0 Å². The number of hydrogen-bond acceptors (Lipinski definition) is 3. The first-order valence-electron chi connectivity index (χ1n) is 4.50. The third-order valence-electron chi connectivity index (χ3n) is 1.82.